The summed E-state index contributed by atoms with van der Waals surface area (Å²) < 4.78 is 13.3. The molecule has 0 saturated heterocycles. The Hall–Kier alpha value is -4.28. The molecule has 0 amide bonds. The van der Waals surface area contributed by atoms with Crippen LogP contribution in [-0.2, 0) is 5.66 Å². The van der Waals surface area contributed by atoms with Gasteiger partial charge in [0.2, 0.25) is 11.4 Å². The molecule has 7 aromatic rings. The van der Waals surface area contributed by atoms with E-state index in [4.69, 9.17) is 4.42 Å². The van der Waals surface area contributed by atoms with Crippen LogP contribution in [0, 0.1) is 41.5 Å². The standard InChI is InChI=1S/C37H30N2OS/c1-19-7-9-28-30(13-19)37(38-17-22(4)20(2)14-31(28)38)29-12-11-26-27-10-8-25-16-24(6)41-36(25)35(27)40-34(26)33(29)32-15-21(3)23(5)18-39(32)37/h7-18H,1-6H3/q+2. The number of fused-ring (bicyclic) bond motifs is 16. The van der Waals surface area contributed by atoms with Gasteiger partial charge in [-0.15, -0.1) is 20.5 Å². The fraction of sp³-hybridized carbons (Fsp3) is 0.189. The molecule has 0 saturated carbocycles. The molecule has 4 heteroatoms. The lowest BCUT2D eigenvalue weighted by Crippen LogP contribution is -2.71. The Morgan fingerprint density at radius 3 is 2.10 bits per heavy atom. The summed E-state index contributed by atoms with van der Waals surface area (Å²) in [5, 5.41) is 3.63. The second-order valence-corrected chi connectivity index (χ2v) is 13.5. The van der Waals surface area contributed by atoms with Crippen molar-refractivity contribution >= 4 is 43.4 Å². The van der Waals surface area contributed by atoms with Gasteiger partial charge in [-0.05, 0) is 94.5 Å². The van der Waals surface area contributed by atoms with Crippen LogP contribution in [0.1, 0.15) is 43.8 Å². The van der Waals surface area contributed by atoms with Crippen molar-refractivity contribution in [3.8, 4) is 22.5 Å². The highest BCUT2D eigenvalue weighted by molar-refractivity contribution is 7.19. The van der Waals surface area contributed by atoms with Crippen molar-refractivity contribution in [3.05, 3.63) is 117 Å². The third-order valence-corrected chi connectivity index (χ3v) is 10.8. The summed E-state index contributed by atoms with van der Waals surface area (Å²) in [6, 6.07) is 23.1. The first kappa shape index (κ1) is 23.4. The Bertz CT molecular complexity index is 2340. The highest BCUT2D eigenvalue weighted by Gasteiger charge is 2.67. The number of pyridine rings is 2. The molecule has 0 bridgehead atoms. The van der Waals surface area contributed by atoms with Crippen LogP contribution in [-0.4, -0.2) is 0 Å². The number of hydrogen-bond donors (Lipinski definition) is 0. The number of hydrogen-bond acceptors (Lipinski definition) is 2. The number of nitrogens with zero attached hydrogens (tertiary/aromatic N) is 2. The predicted octanol–water partition coefficient (Wildman–Crippen LogP) is 8.48. The molecule has 6 heterocycles. The average molecular weight is 551 g/mol. The fourth-order valence-corrected chi connectivity index (χ4v) is 8.46. The van der Waals surface area contributed by atoms with Gasteiger partial charge in [0.15, 0.2) is 18.0 Å². The number of rotatable bonds is 0. The Morgan fingerprint density at radius 1 is 0.634 bits per heavy atom. The zero-order valence-corrected chi connectivity index (χ0v) is 25.0. The fourth-order valence-electron chi connectivity index (χ4n) is 7.46. The molecule has 2 aliphatic heterocycles. The molecule has 9 rings (SSSR count). The van der Waals surface area contributed by atoms with Gasteiger partial charge in [0, 0.05) is 38.9 Å². The van der Waals surface area contributed by atoms with Crippen molar-refractivity contribution in [1.29, 1.82) is 0 Å². The molecule has 1 spiro atoms. The number of thiophene rings is 1. The summed E-state index contributed by atoms with van der Waals surface area (Å²) in [7, 11) is 0. The molecular weight excluding hydrogens is 520 g/mol. The molecule has 1 unspecified atom stereocenters. The first-order valence-corrected chi connectivity index (χ1v) is 15.2. The Kier molecular flexibility index (Phi) is 4.29. The lowest BCUT2D eigenvalue weighted by atomic mass is 9.88. The first-order valence-electron chi connectivity index (χ1n) is 14.3. The molecule has 198 valence electrons. The molecule has 0 aliphatic carbocycles. The van der Waals surface area contributed by atoms with Gasteiger partial charge in [-0.1, -0.05) is 17.7 Å². The van der Waals surface area contributed by atoms with E-state index in [0.717, 1.165) is 11.2 Å². The van der Waals surface area contributed by atoms with Gasteiger partial charge in [-0.2, -0.15) is 0 Å². The van der Waals surface area contributed by atoms with Gasteiger partial charge in [-0.25, -0.2) is 0 Å². The number of aromatic nitrogens is 2. The molecule has 3 aromatic carbocycles. The largest absolute Gasteiger partial charge is 0.454 e. The number of benzene rings is 3. The summed E-state index contributed by atoms with van der Waals surface area (Å²) in [6.45, 7) is 13.3. The third kappa shape index (κ3) is 2.70. The molecule has 0 radical (unpaired) electrons. The third-order valence-electron chi connectivity index (χ3n) is 9.69. The highest BCUT2D eigenvalue weighted by Crippen LogP contribution is 2.51. The minimum atomic E-state index is -0.541. The zero-order valence-electron chi connectivity index (χ0n) is 24.1. The molecule has 41 heavy (non-hydrogen) atoms. The summed E-state index contributed by atoms with van der Waals surface area (Å²) in [6.07, 6.45) is 4.73. The SMILES string of the molecule is Cc1ccc2c(c1)C1(c3ccc4c(oc5c4ccc4cc(C)sc45)c3-c3cc(C)c(C)c[n+]31)[n+]1cc(C)c(C)cc1-2. The Labute approximate surface area is 242 Å². The van der Waals surface area contributed by atoms with Crippen molar-refractivity contribution in [1.82, 2.24) is 0 Å². The maximum absolute atomic E-state index is 6.98. The minimum absolute atomic E-state index is 0.541. The van der Waals surface area contributed by atoms with Crippen molar-refractivity contribution < 1.29 is 13.6 Å². The van der Waals surface area contributed by atoms with Gasteiger partial charge in [0.05, 0.1) is 10.3 Å². The topological polar surface area (TPSA) is 20.9 Å². The van der Waals surface area contributed by atoms with Crippen LogP contribution in [0.15, 0.2) is 77.5 Å². The van der Waals surface area contributed by atoms with Gasteiger partial charge < -0.3 is 4.42 Å². The van der Waals surface area contributed by atoms with Gasteiger partial charge in [0.25, 0.3) is 0 Å². The molecule has 2 aliphatic rings. The maximum Gasteiger partial charge on any atom is 0.417 e. The Balaban J connectivity index is 1.51. The zero-order chi connectivity index (χ0) is 27.9. The predicted molar refractivity (Wildman–Crippen MR) is 167 cm³/mol. The van der Waals surface area contributed by atoms with E-state index in [1.54, 1.807) is 0 Å². The van der Waals surface area contributed by atoms with Crippen LogP contribution in [0.2, 0.25) is 0 Å². The first-order chi connectivity index (χ1) is 19.8. The van der Waals surface area contributed by atoms with E-state index in [9.17, 15) is 0 Å². The van der Waals surface area contributed by atoms with E-state index >= 15 is 0 Å². The monoisotopic (exact) mass is 550 g/mol. The van der Waals surface area contributed by atoms with Gasteiger partial charge in [0.1, 0.15) is 22.3 Å². The normalized spacial score (nSPS) is 16.6. The van der Waals surface area contributed by atoms with E-state index < -0.39 is 5.66 Å². The van der Waals surface area contributed by atoms with Crippen LogP contribution in [0.4, 0.5) is 0 Å². The lowest BCUT2D eigenvalue weighted by molar-refractivity contribution is -0.955. The second-order valence-electron chi connectivity index (χ2n) is 12.2. The molecule has 1 atom stereocenters. The van der Waals surface area contributed by atoms with Crippen molar-refractivity contribution in [2.45, 2.75) is 47.2 Å². The van der Waals surface area contributed by atoms with Crippen molar-refractivity contribution in [2.24, 2.45) is 0 Å². The lowest BCUT2D eigenvalue weighted by Gasteiger charge is -2.18. The van der Waals surface area contributed by atoms with Crippen LogP contribution in [0.3, 0.4) is 0 Å². The minimum Gasteiger partial charge on any atom is -0.454 e. The van der Waals surface area contributed by atoms with Crippen LogP contribution in [0.5, 0.6) is 0 Å². The maximum atomic E-state index is 6.98. The van der Waals surface area contributed by atoms with E-state index in [2.05, 4.69) is 124 Å². The Morgan fingerprint density at radius 2 is 1.32 bits per heavy atom. The molecule has 4 aromatic heterocycles. The number of aryl methyl sites for hydroxylation is 6. The summed E-state index contributed by atoms with van der Waals surface area (Å²) >= 11 is 1.82. The number of furan rings is 1. The molecule has 3 nitrogen and oxygen atoms in total. The van der Waals surface area contributed by atoms with Gasteiger partial charge >= 0.3 is 5.66 Å². The second kappa shape index (κ2) is 7.51. The van der Waals surface area contributed by atoms with Crippen LogP contribution in [0.25, 0.3) is 54.5 Å². The van der Waals surface area contributed by atoms with Crippen LogP contribution < -0.4 is 9.13 Å². The van der Waals surface area contributed by atoms with E-state index in [1.807, 2.05) is 11.3 Å². The molecular formula is C37H30N2OS+2. The average Bonchev–Trinajstić information content (AvgIpc) is 3.65. The smallest absolute Gasteiger partial charge is 0.417 e. The van der Waals surface area contributed by atoms with E-state index in [0.29, 0.717) is 0 Å². The van der Waals surface area contributed by atoms with E-state index in [1.165, 1.54) is 87.2 Å². The van der Waals surface area contributed by atoms with Crippen molar-refractivity contribution in [3.63, 3.8) is 0 Å². The molecule has 0 N–H and O–H groups in total. The summed E-state index contributed by atoms with van der Waals surface area (Å²) in [5.74, 6) is 0. The van der Waals surface area contributed by atoms with Crippen molar-refractivity contribution in [2.75, 3.05) is 0 Å². The summed E-state index contributed by atoms with van der Waals surface area (Å²) in [5.41, 5.74) is 15.4. The van der Waals surface area contributed by atoms with Crippen LogP contribution >= 0.6 is 11.3 Å². The highest BCUT2D eigenvalue weighted by atomic mass is 32.1. The quantitative estimate of drug-likeness (QED) is 0.173. The van der Waals surface area contributed by atoms with E-state index in [-0.39, 0.29) is 0 Å². The summed E-state index contributed by atoms with van der Waals surface area (Å²) in [4.78, 5) is 1.31. The molecule has 0 fully saturated rings. The van der Waals surface area contributed by atoms with Gasteiger partial charge in [-0.3, -0.25) is 0 Å².